The second kappa shape index (κ2) is 6.65. The molecule has 1 atom stereocenters. The highest BCUT2D eigenvalue weighted by molar-refractivity contribution is 14.1. The highest BCUT2D eigenvalue weighted by Crippen LogP contribution is 2.21. The average Bonchev–Trinajstić information content (AvgIpc) is 2.48. The van der Waals surface area contributed by atoms with Gasteiger partial charge in [0.05, 0.1) is 5.92 Å². The van der Waals surface area contributed by atoms with Crippen LogP contribution in [0.15, 0.2) is 54.6 Å². The molecule has 102 valence electrons. The molecule has 4 heteroatoms. The van der Waals surface area contributed by atoms with E-state index in [-0.39, 0.29) is 5.78 Å². The Balaban J connectivity index is 2.35. The lowest BCUT2D eigenvalue weighted by Gasteiger charge is -2.10. The van der Waals surface area contributed by atoms with Crippen molar-refractivity contribution < 1.29 is 14.7 Å². The number of ketones is 1. The molecule has 0 aliphatic heterocycles. The third-order valence-corrected chi connectivity index (χ3v) is 3.92. The van der Waals surface area contributed by atoms with Gasteiger partial charge in [-0.1, -0.05) is 71.1 Å². The Morgan fingerprint density at radius 2 is 1.65 bits per heavy atom. The molecule has 0 fully saturated rings. The lowest BCUT2D eigenvalue weighted by Crippen LogP contribution is -2.13. The van der Waals surface area contributed by atoms with Gasteiger partial charge >= 0.3 is 5.97 Å². The predicted octanol–water partition coefficient (Wildman–Crippen LogP) is 3.52. The molecule has 0 aliphatic rings. The Kier molecular flexibility index (Phi) is 4.89. The van der Waals surface area contributed by atoms with Crippen molar-refractivity contribution in [2.45, 2.75) is 5.92 Å². The van der Waals surface area contributed by atoms with Crippen LogP contribution >= 0.6 is 22.6 Å². The van der Waals surface area contributed by atoms with E-state index in [4.69, 9.17) is 0 Å². The lowest BCUT2D eigenvalue weighted by molar-refractivity contribution is -0.138. The summed E-state index contributed by atoms with van der Waals surface area (Å²) in [6.45, 7) is 0. The molecule has 20 heavy (non-hydrogen) atoms. The standard InChI is InChI=1S/C16H13IO3/c17-10-14(16(19)20)12-7-4-8-13(9-12)15(18)11-5-2-1-3-6-11/h1-9,14H,10H2,(H,19,20). The van der Waals surface area contributed by atoms with E-state index in [1.54, 1.807) is 36.4 Å². The van der Waals surface area contributed by atoms with Crippen LogP contribution in [-0.4, -0.2) is 21.3 Å². The van der Waals surface area contributed by atoms with E-state index in [9.17, 15) is 14.7 Å². The summed E-state index contributed by atoms with van der Waals surface area (Å²) in [5.74, 6) is -1.55. The number of hydrogen-bond acceptors (Lipinski definition) is 2. The maximum Gasteiger partial charge on any atom is 0.311 e. The lowest BCUT2D eigenvalue weighted by atomic mass is 9.96. The maximum absolute atomic E-state index is 12.3. The highest BCUT2D eigenvalue weighted by atomic mass is 127. The largest absolute Gasteiger partial charge is 0.481 e. The summed E-state index contributed by atoms with van der Waals surface area (Å²) in [4.78, 5) is 23.5. The summed E-state index contributed by atoms with van der Waals surface area (Å²) in [6, 6.07) is 15.8. The van der Waals surface area contributed by atoms with Gasteiger partial charge in [-0.05, 0) is 11.6 Å². The minimum absolute atomic E-state index is 0.0925. The van der Waals surface area contributed by atoms with Gasteiger partial charge < -0.3 is 5.11 Å². The van der Waals surface area contributed by atoms with E-state index in [1.807, 2.05) is 40.8 Å². The Morgan fingerprint density at radius 3 is 2.25 bits per heavy atom. The number of aliphatic carboxylic acids is 1. The normalized spacial score (nSPS) is 11.8. The van der Waals surface area contributed by atoms with E-state index in [1.165, 1.54) is 0 Å². The first-order valence-electron chi connectivity index (χ1n) is 6.12. The number of rotatable bonds is 5. The molecule has 0 spiro atoms. The number of carbonyl (C=O) groups is 2. The van der Waals surface area contributed by atoms with E-state index in [0.29, 0.717) is 21.1 Å². The Morgan fingerprint density at radius 1 is 1.00 bits per heavy atom. The number of hydrogen-bond donors (Lipinski definition) is 1. The van der Waals surface area contributed by atoms with Crippen LogP contribution in [0, 0.1) is 0 Å². The predicted molar refractivity (Wildman–Crippen MR) is 85.6 cm³/mol. The highest BCUT2D eigenvalue weighted by Gasteiger charge is 2.19. The van der Waals surface area contributed by atoms with Crippen molar-refractivity contribution in [3.63, 3.8) is 0 Å². The first kappa shape index (κ1) is 14.7. The van der Waals surface area contributed by atoms with Gasteiger partial charge in [-0.3, -0.25) is 9.59 Å². The van der Waals surface area contributed by atoms with Crippen LogP contribution in [0.2, 0.25) is 0 Å². The summed E-state index contributed by atoms with van der Waals surface area (Å²) in [6.07, 6.45) is 0. The number of carbonyl (C=O) groups excluding carboxylic acids is 1. The fraction of sp³-hybridized carbons (Fsp3) is 0.125. The zero-order chi connectivity index (χ0) is 14.5. The molecule has 0 aromatic heterocycles. The van der Waals surface area contributed by atoms with Gasteiger partial charge in [-0.25, -0.2) is 0 Å². The number of benzene rings is 2. The van der Waals surface area contributed by atoms with Gasteiger partial charge in [-0.15, -0.1) is 0 Å². The fourth-order valence-electron chi connectivity index (χ4n) is 1.95. The van der Waals surface area contributed by atoms with E-state index >= 15 is 0 Å². The molecule has 0 saturated carbocycles. The van der Waals surface area contributed by atoms with Crippen molar-refractivity contribution in [2.24, 2.45) is 0 Å². The smallest absolute Gasteiger partial charge is 0.311 e. The van der Waals surface area contributed by atoms with Crippen LogP contribution in [0.4, 0.5) is 0 Å². The molecule has 0 amide bonds. The van der Waals surface area contributed by atoms with Crippen molar-refractivity contribution >= 4 is 34.3 Å². The van der Waals surface area contributed by atoms with E-state index < -0.39 is 11.9 Å². The van der Waals surface area contributed by atoms with Gasteiger partial charge in [0.25, 0.3) is 0 Å². The van der Waals surface area contributed by atoms with Crippen LogP contribution in [0.1, 0.15) is 27.4 Å². The van der Waals surface area contributed by atoms with Crippen molar-refractivity contribution in [3.8, 4) is 0 Å². The van der Waals surface area contributed by atoms with Gasteiger partial charge in [-0.2, -0.15) is 0 Å². The second-order valence-corrected chi connectivity index (χ2v) is 5.25. The van der Waals surface area contributed by atoms with Crippen LogP contribution in [0.5, 0.6) is 0 Å². The molecular weight excluding hydrogens is 367 g/mol. The minimum Gasteiger partial charge on any atom is -0.481 e. The SMILES string of the molecule is O=C(c1ccccc1)c1cccc(C(CI)C(=O)O)c1. The van der Waals surface area contributed by atoms with Crippen molar-refractivity contribution in [1.82, 2.24) is 0 Å². The summed E-state index contributed by atoms with van der Waals surface area (Å²) in [5.41, 5.74) is 1.78. The summed E-state index contributed by atoms with van der Waals surface area (Å²) in [5, 5.41) is 9.18. The summed E-state index contributed by atoms with van der Waals surface area (Å²) >= 11 is 2.04. The van der Waals surface area contributed by atoms with Crippen molar-refractivity contribution in [2.75, 3.05) is 4.43 Å². The minimum atomic E-state index is -0.872. The topological polar surface area (TPSA) is 54.4 Å². The molecule has 0 bridgehead atoms. The average molecular weight is 380 g/mol. The molecule has 0 aliphatic carbocycles. The molecular formula is C16H13IO3. The summed E-state index contributed by atoms with van der Waals surface area (Å²) in [7, 11) is 0. The first-order chi connectivity index (χ1) is 9.63. The van der Waals surface area contributed by atoms with Crippen LogP contribution in [-0.2, 0) is 4.79 Å². The number of alkyl halides is 1. The molecule has 3 nitrogen and oxygen atoms in total. The fourth-order valence-corrected chi connectivity index (χ4v) is 2.84. The monoisotopic (exact) mass is 380 g/mol. The van der Waals surface area contributed by atoms with Crippen LogP contribution in [0.3, 0.4) is 0 Å². The molecule has 0 saturated heterocycles. The van der Waals surface area contributed by atoms with Crippen LogP contribution in [0.25, 0.3) is 0 Å². The van der Waals surface area contributed by atoms with Crippen LogP contribution < -0.4 is 0 Å². The molecule has 0 radical (unpaired) electrons. The second-order valence-electron chi connectivity index (χ2n) is 4.37. The first-order valence-corrected chi connectivity index (χ1v) is 7.64. The molecule has 1 N–H and O–H groups in total. The van der Waals surface area contributed by atoms with Gasteiger partial charge in [0, 0.05) is 15.6 Å². The molecule has 2 aromatic carbocycles. The number of halogens is 1. The summed E-state index contributed by atoms with van der Waals surface area (Å²) < 4.78 is 0.468. The third kappa shape index (κ3) is 3.25. The van der Waals surface area contributed by atoms with Gasteiger partial charge in [0.15, 0.2) is 5.78 Å². The molecule has 2 rings (SSSR count). The maximum atomic E-state index is 12.3. The van der Waals surface area contributed by atoms with Crippen molar-refractivity contribution in [1.29, 1.82) is 0 Å². The molecule has 0 heterocycles. The Bertz CT molecular complexity index is 623. The third-order valence-electron chi connectivity index (χ3n) is 3.04. The Labute approximate surface area is 130 Å². The zero-order valence-corrected chi connectivity index (χ0v) is 12.8. The zero-order valence-electron chi connectivity index (χ0n) is 10.6. The van der Waals surface area contributed by atoms with Gasteiger partial charge in [0.1, 0.15) is 0 Å². The number of carboxylic acid groups (broad SMARTS) is 1. The van der Waals surface area contributed by atoms with Crippen molar-refractivity contribution in [3.05, 3.63) is 71.3 Å². The quantitative estimate of drug-likeness (QED) is 0.491. The van der Waals surface area contributed by atoms with E-state index in [2.05, 4.69) is 0 Å². The molecule has 2 aromatic rings. The molecule has 1 unspecified atom stereocenters. The van der Waals surface area contributed by atoms with E-state index in [0.717, 1.165) is 0 Å². The van der Waals surface area contributed by atoms with Gasteiger partial charge in [0.2, 0.25) is 0 Å². The number of carboxylic acids is 1. The Hall–Kier alpha value is -1.69.